The Kier molecular flexibility index (Phi) is 27.6. The molecule has 0 unspecified atom stereocenters. The fourth-order valence-corrected chi connectivity index (χ4v) is 4.15. The van der Waals surface area contributed by atoms with Gasteiger partial charge in [0, 0.05) is 6.54 Å². The molecule has 0 aromatic heterocycles. The summed E-state index contributed by atoms with van der Waals surface area (Å²) in [4.78, 5) is 3.74. The van der Waals surface area contributed by atoms with E-state index in [-0.39, 0.29) is 54.2 Å². The summed E-state index contributed by atoms with van der Waals surface area (Å²) >= 11 is 0. The number of rotatable bonds is 23. The zero-order valence-electron chi connectivity index (χ0n) is 21.0. The number of unbranched alkanes of at least 4 members (excludes halogenated alkanes) is 17. The molecule has 0 heterocycles. The van der Waals surface area contributed by atoms with Crippen LogP contribution in [0, 0.1) is 0 Å². The van der Waals surface area contributed by atoms with Crippen molar-refractivity contribution in [2.75, 3.05) is 12.3 Å². The quantitative estimate of drug-likeness (QED) is 0.0793. The van der Waals surface area contributed by atoms with Crippen molar-refractivity contribution in [2.45, 2.75) is 129 Å². The Morgan fingerprint density at radius 1 is 0.750 bits per heavy atom. The first-order valence-corrected chi connectivity index (χ1v) is 14.4. The Morgan fingerprint density at radius 3 is 1.56 bits per heavy atom. The molecule has 0 aliphatic heterocycles. The normalized spacial score (nSPS) is 12.4. The van der Waals surface area contributed by atoms with Crippen LogP contribution in [0.2, 0.25) is 0 Å². The van der Waals surface area contributed by atoms with Gasteiger partial charge in [0.25, 0.3) is 10.1 Å². The summed E-state index contributed by atoms with van der Waals surface area (Å²) in [5, 5.41) is 11.5. The van der Waals surface area contributed by atoms with E-state index < -0.39 is 10.1 Å². The van der Waals surface area contributed by atoms with Crippen LogP contribution >= 0.6 is 0 Å². The Morgan fingerprint density at radius 2 is 1.16 bits per heavy atom. The SMILES string of the molecule is CCCCCCCCCCCCCCCCCCC/C=C/C([O-])=NCCCS(=O)(=O)O.[Na+]. The molecule has 0 radical (unpaired) electrons. The van der Waals surface area contributed by atoms with Crippen molar-refractivity contribution < 1.29 is 47.6 Å². The largest absolute Gasteiger partial charge is 1.00 e. The molecule has 0 bridgehead atoms. The van der Waals surface area contributed by atoms with Gasteiger partial charge in [0.15, 0.2) is 0 Å². The maximum Gasteiger partial charge on any atom is 1.00 e. The Labute approximate surface area is 221 Å². The minimum atomic E-state index is -3.96. The van der Waals surface area contributed by atoms with Gasteiger partial charge in [-0.25, -0.2) is 0 Å². The summed E-state index contributed by atoms with van der Waals surface area (Å²) < 4.78 is 29.7. The Hall–Kier alpha value is 0.120. The average molecular weight is 482 g/mol. The van der Waals surface area contributed by atoms with E-state index >= 15 is 0 Å². The predicted molar refractivity (Wildman–Crippen MR) is 131 cm³/mol. The van der Waals surface area contributed by atoms with Crippen LogP contribution in [0.15, 0.2) is 17.1 Å². The van der Waals surface area contributed by atoms with Crippen LogP contribution in [0.3, 0.4) is 0 Å². The molecule has 0 aliphatic rings. The van der Waals surface area contributed by atoms with Crippen LogP contribution in [-0.4, -0.2) is 31.2 Å². The fourth-order valence-electron chi connectivity index (χ4n) is 3.66. The average Bonchev–Trinajstić information content (AvgIpc) is 2.72. The zero-order valence-corrected chi connectivity index (χ0v) is 23.8. The molecule has 0 fully saturated rings. The van der Waals surface area contributed by atoms with E-state index in [4.69, 9.17) is 4.55 Å². The zero-order chi connectivity index (χ0) is 23.0. The van der Waals surface area contributed by atoms with Crippen molar-refractivity contribution >= 4 is 16.0 Å². The van der Waals surface area contributed by atoms with Gasteiger partial charge in [-0.2, -0.15) is 8.42 Å². The molecule has 0 aromatic carbocycles. The van der Waals surface area contributed by atoms with Crippen LogP contribution in [0.25, 0.3) is 0 Å². The molecule has 184 valence electrons. The number of aliphatic imine (C=N–C) groups is 1. The summed E-state index contributed by atoms with van der Waals surface area (Å²) in [7, 11) is -3.96. The van der Waals surface area contributed by atoms with Crippen molar-refractivity contribution in [3.8, 4) is 0 Å². The standard InChI is InChI=1S/C25H49NO4S.Na/c1-2-3-4-5-6-7-8-9-10-11-12-13-14-15-16-17-18-19-20-22-25(27)26-23-21-24-31(28,29)30;/h20,22H,2-19,21,23-24H2,1H3,(H,26,27)(H,28,29,30);/q;+1/p-1/b22-20+;. The van der Waals surface area contributed by atoms with Crippen molar-refractivity contribution in [3.05, 3.63) is 12.2 Å². The molecule has 0 aromatic rings. The molecule has 0 aliphatic carbocycles. The first-order valence-electron chi connectivity index (χ1n) is 12.8. The van der Waals surface area contributed by atoms with Gasteiger partial charge in [0.1, 0.15) is 0 Å². The predicted octanol–water partition coefficient (Wildman–Crippen LogP) is 3.63. The molecule has 1 N–H and O–H groups in total. The summed E-state index contributed by atoms with van der Waals surface area (Å²) in [6.07, 6.45) is 27.4. The minimum Gasteiger partial charge on any atom is -0.859 e. The molecule has 0 rings (SSSR count). The summed E-state index contributed by atoms with van der Waals surface area (Å²) in [5.74, 6) is -0.686. The molecule has 7 heteroatoms. The van der Waals surface area contributed by atoms with Gasteiger partial charge < -0.3 is 10.1 Å². The summed E-state index contributed by atoms with van der Waals surface area (Å²) in [6, 6.07) is 0. The second kappa shape index (κ2) is 25.7. The van der Waals surface area contributed by atoms with Crippen LogP contribution in [0.5, 0.6) is 0 Å². The van der Waals surface area contributed by atoms with E-state index in [1.165, 1.54) is 109 Å². The van der Waals surface area contributed by atoms with Gasteiger partial charge in [0.05, 0.1) is 5.75 Å². The first kappa shape index (κ1) is 34.3. The maximum atomic E-state index is 11.5. The third kappa shape index (κ3) is 30.1. The second-order valence-corrected chi connectivity index (χ2v) is 10.3. The first-order chi connectivity index (χ1) is 15.0. The van der Waals surface area contributed by atoms with E-state index in [1.54, 1.807) is 0 Å². The van der Waals surface area contributed by atoms with Gasteiger partial charge in [-0.05, 0) is 25.2 Å². The molecule has 0 saturated heterocycles. The van der Waals surface area contributed by atoms with Crippen LogP contribution < -0.4 is 34.7 Å². The fraction of sp³-hybridized carbons (Fsp3) is 0.880. The number of hydrogen-bond donors (Lipinski definition) is 1. The smallest absolute Gasteiger partial charge is 0.859 e. The van der Waals surface area contributed by atoms with Gasteiger partial charge in [-0.3, -0.25) is 4.55 Å². The van der Waals surface area contributed by atoms with Crippen LogP contribution in [0.4, 0.5) is 0 Å². The molecule has 0 saturated carbocycles. The second-order valence-electron chi connectivity index (χ2n) is 8.71. The van der Waals surface area contributed by atoms with E-state index in [2.05, 4.69) is 11.9 Å². The molecule has 0 amide bonds. The Balaban J connectivity index is 0. The number of nitrogens with zero attached hydrogens (tertiary/aromatic N) is 1. The molecule has 5 nitrogen and oxygen atoms in total. The third-order valence-corrected chi connectivity index (χ3v) is 6.37. The molecular weight excluding hydrogens is 433 g/mol. The molecule has 0 spiro atoms. The summed E-state index contributed by atoms with van der Waals surface area (Å²) in [6.45, 7) is 2.40. The van der Waals surface area contributed by atoms with Crippen LogP contribution in [-0.2, 0) is 10.1 Å². The van der Waals surface area contributed by atoms with Gasteiger partial charge in [0.2, 0.25) is 0 Å². The Bertz CT molecular complexity index is 550. The van der Waals surface area contributed by atoms with Gasteiger partial charge in [-0.1, -0.05) is 122 Å². The van der Waals surface area contributed by atoms with Crippen molar-refractivity contribution in [1.29, 1.82) is 0 Å². The maximum absolute atomic E-state index is 11.5. The van der Waals surface area contributed by atoms with E-state index in [0.717, 1.165) is 12.8 Å². The monoisotopic (exact) mass is 481 g/mol. The molecular formula is C25H48NNaO4S. The topological polar surface area (TPSA) is 89.8 Å². The number of hydrogen-bond acceptors (Lipinski definition) is 4. The van der Waals surface area contributed by atoms with Crippen molar-refractivity contribution in [1.82, 2.24) is 0 Å². The van der Waals surface area contributed by atoms with E-state index in [1.807, 2.05) is 6.08 Å². The van der Waals surface area contributed by atoms with E-state index in [9.17, 15) is 13.5 Å². The van der Waals surface area contributed by atoms with Gasteiger partial charge in [-0.15, -0.1) is 0 Å². The molecule has 32 heavy (non-hydrogen) atoms. The van der Waals surface area contributed by atoms with Crippen molar-refractivity contribution in [3.63, 3.8) is 0 Å². The summed E-state index contributed by atoms with van der Waals surface area (Å²) in [5.41, 5.74) is 0. The third-order valence-electron chi connectivity index (χ3n) is 5.56. The van der Waals surface area contributed by atoms with Crippen LogP contribution in [0.1, 0.15) is 129 Å². The minimum absolute atomic E-state index is 0. The van der Waals surface area contributed by atoms with E-state index in [0.29, 0.717) is 0 Å². The van der Waals surface area contributed by atoms with Crippen molar-refractivity contribution in [2.24, 2.45) is 4.99 Å². The molecule has 0 atom stereocenters. The van der Waals surface area contributed by atoms with Gasteiger partial charge >= 0.3 is 29.6 Å². The number of allylic oxidation sites excluding steroid dienone is 1.